The quantitative estimate of drug-likeness (QED) is 0.151. The van der Waals surface area contributed by atoms with Crippen molar-refractivity contribution in [2.75, 3.05) is 11.9 Å². The second kappa shape index (κ2) is 20.8. The molecule has 0 bridgehead atoms. The van der Waals surface area contributed by atoms with Crippen molar-refractivity contribution in [1.29, 1.82) is 0 Å². The smallest absolute Gasteiger partial charge is 0.164 e. The third kappa shape index (κ3) is 11.8. The summed E-state index contributed by atoms with van der Waals surface area (Å²) in [5.41, 5.74) is 7.93. The summed E-state index contributed by atoms with van der Waals surface area (Å²) in [5, 5.41) is 0. The van der Waals surface area contributed by atoms with Crippen molar-refractivity contribution in [3.05, 3.63) is 171 Å². The van der Waals surface area contributed by atoms with Crippen molar-refractivity contribution in [2.45, 2.75) is 47.5 Å². The average molecular weight is 599 g/mol. The molecule has 0 aliphatic heterocycles. The number of rotatable bonds is 15. The molecule has 45 heavy (non-hydrogen) atoms. The second-order valence-electron chi connectivity index (χ2n) is 9.99. The van der Waals surface area contributed by atoms with Crippen molar-refractivity contribution >= 4 is 16.8 Å². The molecular weight excluding hydrogens is 548 g/mol. The molecule has 0 saturated carbocycles. The molecule has 0 aliphatic rings. The highest BCUT2D eigenvalue weighted by molar-refractivity contribution is 5.74. The molecule has 1 aromatic carbocycles. The summed E-state index contributed by atoms with van der Waals surface area (Å²) in [4.78, 5) is 16.8. The Labute approximate surface area is 272 Å². The van der Waals surface area contributed by atoms with E-state index in [1.807, 2.05) is 70.2 Å². The maximum absolute atomic E-state index is 4.93. The van der Waals surface area contributed by atoms with Crippen LogP contribution in [0.3, 0.4) is 0 Å². The number of likely N-dealkylation sites (N-methyl/N-ethyl adjacent to an activating group) is 1. The van der Waals surface area contributed by atoms with E-state index >= 15 is 0 Å². The normalized spacial score (nSPS) is 13.0. The molecule has 2 aromatic rings. The maximum atomic E-state index is 4.93. The lowest BCUT2D eigenvalue weighted by Crippen LogP contribution is -2.15. The minimum Gasteiger partial charge on any atom is -0.345 e. The van der Waals surface area contributed by atoms with Gasteiger partial charge in [-0.15, -0.1) is 19.7 Å². The lowest BCUT2D eigenvalue weighted by molar-refractivity contribution is 0.964. The van der Waals surface area contributed by atoms with Crippen LogP contribution in [0, 0.1) is 0 Å². The SMILES string of the molecule is C=C.C=C/C=C(\C=C)c1nc(/C(=C/C)CCC=C)nc(-c2cccc(N(C)C(/C=C\C=C/C)=C\C(=C\C(C)=C/C)C(=C)C)c2)n1. The Kier molecular flexibility index (Phi) is 17.5. The lowest BCUT2D eigenvalue weighted by atomic mass is 10.0. The van der Waals surface area contributed by atoms with E-state index in [1.54, 1.807) is 12.2 Å². The van der Waals surface area contributed by atoms with Gasteiger partial charge >= 0.3 is 0 Å². The highest BCUT2D eigenvalue weighted by Gasteiger charge is 2.15. The summed E-state index contributed by atoms with van der Waals surface area (Å²) in [6.07, 6.45) is 25.5. The molecule has 2 rings (SSSR count). The van der Waals surface area contributed by atoms with Crippen LogP contribution in [0.1, 0.15) is 59.1 Å². The number of aromatic nitrogens is 3. The third-order valence-corrected chi connectivity index (χ3v) is 6.75. The first-order chi connectivity index (χ1) is 21.7. The molecule has 0 atom stereocenters. The Morgan fingerprint density at radius 3 is 2.20 bits per heavy atom. The van der Waals surface area contributed by atoms with E-state index in [0.29, 0.717) is 17.5 Å². The Morgan fingerprint density at radius 2 is 1.62 bits per heavy atom. The van der Waals surface area contributed by atoms with E-state index in [1.165, 1.54) is 5.57 Å². The summed E-state index contributed by atoms with van der Waals surface area (Å²) < 4.78 is 0. The predicted octanol–water partition coefficient (Wildman–Crippen LogP) is 11.4. The van der Waals surface area contributed by atoms with Crippen molar-refractivity contribution in [3.63, 3.8) is 0 Å². The topological polar surface area (TPSA) is 41.9 Å². The molecule has 234 valence electrons. The van der Waals surface area contributed by atoms with Crippen LogP contribution < -0.4 is 4.90 Å². The van der Waals surface area contributed by atoms with Gasteiger partial charge in [-0.1, -0.05) is 104 Å². The van der Waals surface area contributed by atoms with Crippen LogP contribution in [0.2, 0.25) is 0 Å². The Hall–Kier alpha value is -5.09. The molecule has 0 radical (unpaired) electrons. The van der Waals surface area contributed by atoms with Gasteiger partial charge in [-0.2, -0.15) is 0 Å². The molecule has 4 heteroatoms. The van der Waals surface area contributed by atoms with Gasteiger partial charge in [0.15, 0.2) is 17.5 Å². The second-order valence-corrected chi connectivity index (χ2v) is 9.99. The van der Waals surface area contributed by atoms with Crippen LogP contribution in [0.4, 0.5) is 5.69 Å². The zero-order chi connectivity index (χ0) is 33.8. The summed E-state index contributed by atoms with van der Waals surface area (Å²) in [5.74, 6) is 1.79. The standard InChI is InChI=1S/C39H46N4.C2H4/c1-11-17-19-24-35(28-34(29(7)8)26-30(9)14-4)43(10)36-25-20-23-33(27-36)39-41-37(31(15-5)21-13-3)40-38(42-39)32(16-6)22-18-12-2;1-2/h11-17,19-21,23-28H,2-3,5,7,18,22H2,1,4,6,8-10H3;1-2H2/b17-11-,24-19-,30-14-,31-21+,32-16+,34-26-,35-28-;. The fourth-order valence-corrected chi connectivity index (χ4v) is 4.08. The van der Waals surface area contributed by atoms with Gasteiger partial charge in [-0.05, 0) is 82.9 Å². The monoisotopic (exact) mass is 598 g/mol. The van der Waals surface area contributed by atoms with Gasteiger partial charge in [0.05, 0.1) is 0 Å². The van der Waals surface area contributed by atoms with Crippen LogP contribution in [-0.2, 0) is 0 Å². The summed E-state index contributed by atoms with van der Waals surface area (Å²) >= 11 is 0. The maximum Gasteiger partial charge on any atom is 0.164 e. The molecule has 0 unspecified atom stereocenters. The van der Waals surface area contributed by atoms with Gasteiger partial charge in [0.1, 0.15) is 0 Å². The molecule has 0 spiro atoms. The highest BCUT2D eigenvalue weighted by atomic mass is 15.1. The van der Waals surface area contributed by atoms with Crippen LogP contribution >= 0.6 is 0 Å². The van der Waals surface area contributed by atoms with E-state index in [2.05, 4.69) is 101 Å². The van der Waals surface area contributed by atoms with Gasteiger partial charge in [0.2, 0.25) is 0 Å². The number of hydrogen-bond acceptors (Lipinski definition) is 4. The van der Waals surface area contributed by atoms with E-state index in [0.717, 1.165) is 52.1 Å². The number of anilines is 1. The molecule has 0 saturated heterocycles. The highest BCUT2D eigenvalue weighted by Crippen LogP contribution is 2.28. The zero-order valence-corrected chi connectivity index (χ0v) is 28.2. The molecular formula is C41H50N4. The fraction of sp³-hybridized carbons (Fsp3) is 0.195. The molecule has 1 heterocycles. The van der Waals surface area contributed by atoms with E-state index < -0.39 is 0 Å². The van der Waals surface area contributed by atoms with Crippen LogP contribution in [0.5, 0.6) is 0 Å². The molecule has 0 fully saturated rings. The van der Waals surface area contributed by atoms with Gasteiger partial charge in [-0.3, -0.25) is 0 Å². The van der Waals surface area contributed by atoms with E-state index in [9.17, 15) is 0 Å². The number of nitrogens with zero attached hydrogens (tertiary/aromatic N) is 4. The Bertz CT molecular complexity index is 1550. The van der Waals surface area contributed by atoms with Gasteiger partial charge in [0, 0.05) is 29.6 Å². The number of hydrogen-bond donors (Lipinski definition) is 0. The van der Waals surface area contributed by atoms with Crippen LogP contribution in [-0.4, -0.2) is 22.0 Å². The minimum atomic E-state index is 0.553. The first-order valence-corrected chi connectivity index (χ1v) is 15.1. The van der Waals surface area contributed by atoms with Crippen molar-refractivity contribution in [2.24, 2.45) is 0 Å². The molecule has 0 aliphatic carbocycles. The first-order valence-electron chi connectivity index (χ1n) is 15.1. The van der Waals surface area contributed by atoms with Crippen molar-refractivity contribution in [3.8, 4) is 11.4 Å². The number of allylic oxidation sites excluding steroid dienone is 17. The summed E-state index contributed by atoms with van der Waals surface area (Å²) in [7, 11) is 2.06. The Balaban J connectivity index is 0.00000496. The number of benzene rings is 1. The van der Waals surface area contributed by atoms with Crippen LogP contribution in [0.15, 0.2) is 159 Å². The van der Waals surface area contributed by atoms with E-state index in [-0.39, 0.29) is 0 Å². The van der Waals surface area contributed by atoms with Gasteiger partial charge in [0.25, 0.3) is 0 Å². The molecule has 4 nitrogen and oxygen atoms in total. The summed E-state index contributed by atoms with van der Waals surface area (Å²) in [6.45, 7) is 32.1. The van der Waals surface area contributed by atoms with Crippen molar-refractivity contribution < 1.29 is 0 Å². The zero-order valence-electron chi connectivity index (χ0n) is 28.2. The van der Waals surface area contributed by atoms with Gasteiger partial charge in [-0.25, -0.2) is 15.0 Å². The van der Waals surface area contributed by atoms with E-state index in [4.69, 9.17) is 15.0 Å². The summed E-state index contributed by atoms with van der Waals surface area (Å²) in [6, 6.07) is 8.24. The fourth-order valence-electron chi connectivity index (χ4n) is 4.08. The van der Waals surface area contributed by atoms with Crippen LogP contribution in [0.25, 0.3) is 22.5 Å². The molecule has 0 amide bonds. The molecule has 1 aromatic heterocycles. The van der Waals surface area contributed by atoms with Crippen molar-refractivity contribution in [1.82, 2.24) is 15.0 Å². The minimum absolute atomic E-state index is 0.553. The Morgan fingerprint density at radius 1 is 0.911 bits per heavy atom. The average Bonchev–Trinajstić information content (AvgIpc) is 3.07. The van der Waals surface area contributed by atoms with Gasteiger partial charge < -0.3 is 4.90 Å². The third-order valence-electron chi connectivity index (χ3n) is 6.75. The molecule has 0 N–H and O–H groups in total. The largest absolute Gasteiger partial charge is 0.345 e. The first kappa shape index (κ1) is 37.9. The predicted molar refractivity (Wildman–Crippen MR) is 201 cm³/mol. The lowest BCUT2D eigenvalue weighted by Gasteiger charge is -2.22.